The maximum atomic E-state index is 12.3. The fourth-order valence-corrected chi connectivity index (χ4v) is 3.18. The van der Waals surface area contributed by atoms with Crippen LogP contribution in [0.2, 0.25) is 0 Å². The van der Waals surface area contributed by atoms with Gasteiger partial charge in [0.2, 0.25) is 5.91 Å². The van der Waals surface area contributed by atoms with E-state index in [0.29, 0.717) is 26.0 Å². The van der Waals surface area contributed by atoms with Gasteiger partial charge in [0, 0.05) is 30.8 Å². The Morgan fingerprint density at radius 1 is 1.15 bits per heavy atom. The van der Waals surface area contributed by atoms with E-state index < -0.39 is 4.92 Å². The van der Waals surface area contributed by atoms with Gasteiger partial charge in [0.1, 0.15) is 5.75 Å². The first-order valence-electron chi connectivity index (χ1n) is 8.82. The van der Waals surface area contributed by atoms with Crippen LogP contribution >= 0.6 is 0 Å². The summed E-state index contributed by atoms with van der Waals surface area (Å²) in [5, 5.41) is 10.9. The van der Waals surface area contributed by atoms with Gasteiger partial charge in [-0.05, 0) is 49.4 Å². The molecule has 6 heteroatoms. The third kappa shape index (κ3) is 4.02. The number of aryl methyl sites for hydroxylation is 2. The third-order valence-electron chi connectivity index (χ3n) is 4.60. The molecule has 0 N–H and O–H groups in total. The highest BCUT2D eigenvalue weighted by molar-refractivity contribution is 5.96. The number of amides is 1. The summed E-state index contributed by atoms with van der Waals surface area (Å²) in [6.45, 7) is 3.21. The number of rotatable bonds is 7. The lowest BCUT2D eigenvalue weighted by atomic mass is 10.00. The lowest BCUT2D eigenvalue weighted by Gasteiger charge is -2.29. The number of anilines is 1. The maximum absolute atomic E-state index is 12.3. The summed E-state index contributed by atoms with van der Waals surface area (Å²) in [4.78, 5) is 24.5. The minimum absolute atomic E-state index is 0.0738. The Kier molecular flexibility index (Phi) is 5.51. The predicted octanol–water partition coefficient (Wildman–Crippen LogP) is 4.04. The smallest absolute Gasteiger partial charge is 0.269 e. The molecule has 0 radical (unpaired) electrons. The number of non-ortho nitro benzene ring substituents is 1. The van der Waals surface area contributed by atoms with E-state index in [-0.39, 0.29) is 11.6 Å². The molecule has 3 rings (SSSR count). The Balaban J connectivity index is 1.56. The topological polar surface area (TPSA) is 72.7 Å². The van der Waals surface area contributed by atoms with Crippen molar-refractivity contribution in [2.45, 2.75) is 32.6 Å². The van der Waals surface area contributed by atoms with Crippen molar-refractivity contribution in [1.29, 1.82) is 0 Å². The number of nitro groups is 1. The van der Waals surface area contributed by atoms with E-state index in [0.717, 1.165) is 35.4 Å². The molecule has 1 aliphatic heterocycles. The summed E-state index contributed by atoms with van der Waals surface area (Å²) in [6, 6.07) is 12.6. The highest BCUT2D eigenvalue weighted by Gasteiger charge is 2.25. The molecule has 0 aromatic heterocycles. The summed E-state index contributed by atoms with van der Waals surface area (Å²) in [7, 11) is 0. The van der Waals surface area contributed by atoms with Crippen molar-refractivity contribution in [1.82, 2.24) is 0 Å². The number of hydrogen-bond acceptors (Lipinski definition) is 4. The average molecular weight is 354 g/mol. The fourth-order valence-electron chi connectivity index (χ4n) is 3.18. The first-order chi connectivity index (χ1) is 12.6. The van der Waals surface area contributed by atoms with Gasteiger partial charge in [-0.2, -0.15) is 0 Å². The largest absolute Gasteiger partial charge is 0.493 e. The quantitative estimate of drug-likeness (QED) is 0.427. The second-order valence-corrected chi connectivity index (χ2v) is 6.44. The number of nitrogens with zero attached hydrogens (tertiary/aromatic N) is 2. The molecule has 2 aromatic carbocycles. The number of para-hydroxylation sites is 1. The van der Waals surface area contributed by atoms with Crippen molar-refractivity contribution in [3.8, 4) is 5.75 Å². The highest BCUT2D eigenvalue weighted by Crippen LogP contribution is 2.31. The summed E-state index contributed by atoms with van der Waals surface area (Å²) in [5.74, 6) is 0.963. The molecule has 0 saturated carbocycles. The van der Waals surface area contributed by atoms with E-state index >= 15 is 0 Å². The number of carbonyl (C=O) groups excluding carboxylic acids is 1. The van der Waals surface area contributed by atoms with E-state index in [9.17, 15) is 14.9 Å². The van der Waals surface area contributed by atoms with Crippen LogP contribution in [0, 0.1) is 17.0 Å². The second kappa shape index (κ2) is 7.99. The summed E-state index contributed by atoms with van der Waals surface area (Å²) >= 11 is 0. The van der Waals surface area contributed by atoms with Crippen LogP contribution in [-0.4, -0.2) is 24.0 Å². The Hall–Kier alpha value is -2.89. The standard InChI is InChI=1S/C20H22N2O4/c1-15-6-2-3-7-19(15)26-13-5-4-12-21-18-10-9-17(22(24)25)14-16(18)8-11-20(21)23/h2-3,6-7,9-10,14H,4-5,8,11-13H2,1H3. The van der Waals surface area contributed by atoms with Gasteiger partial charge in [0.05, 0.1) is 11.5 Å². The normalized spacial score (nSPS) is 13.4. The van der Waals surface area contributed by atoms with E-state index in [2.05, 4.69) is 0 Å². The van der Waals surface area contributed by atoms with Crippen molar-refractivity contribution in [3.05, 3.63) is 63.7 Å². The van der Waals surface area contributed by atoms with Gasteiger partial charge in [0.15, 0.2) is 0 Å². The Bertz CT molecular complexity index is 819. The van der Waals surface area contributed by atoms with E-state index in [1.807, 2.05) is 31.2 Å². The number of ether oxygens (including phenoxy) is 1. The zero-order valence-corrected chi connectivity index (χ0v) is 14.8. The molecule has 1 amide bonds. The lowest BCUT2D eigenvalue weighted by Crippen LogP contribution is -2.36. The molecular formula is C20H22N2O4. The molecular weight excluding hydrogens is 332 g/mol. The van der Waals surface area contributed by atoms with Gasteiger partial charge < -0.3 is 9.64 Å². The van der Waals surface area contributed by atoms with Gasteiger partial charge in [-0.3, -0.25) is 14.9 Å². The fraction of sp³-hybridized carbons (Fsp3) is 0.350. The Morgan fingerprint density at radius 3 is 2.73 bits per heavy atom. The van der Waals surface area contributed by atoms with Crippen LogP contribution < -0.4 is 9.64 Å². The minimum atomic E-state index is -0.399. The molecule has 0 spiro atoms. The summed E-state index contributed by atoms with van der Waals surface area (Å²) in [6.07, 6.45) is 2.60. The zero-order valence-electron chi connectivity index (χ0n) is 14.8. The molecule has 6 nitrogen and oxygen atoms in total. The van der Waals surface area contributed by atoms with Crippen LogP contribution in [0.25, 0.3) is 0 Å². The Morgan fingerprint density at radius 2 is 1.96 bits per heavy atom. The predicted molar refractivity (Wildman–Crippen MR) is 99.7 cm³/mol. The first kappa shape index (κ1) is 17.9. The van der Waals surface area contributed by atoms with Crippen molar-refractivity contribution in [2.24, 2.45) is 0 Å². The van der Waals surface area contributed by atoms with Crippen molar-refractivity contribution >= 4 is 17.3 Å². The van der Waals surface area contributed by atoms with E-state index in [1.54, 1.807) is 17.0 Å². The molecule has 1 aliphatic rings. The average Bonchev–Trinajstić information content (AvgIpc) is 2.64. The molecule has 0 atom stereocenters. The zero-order chi connectivity index (χ0) is 18.5. The summed E-state index contributed by atoms with van der Waals surface area (Å²) in [5.41, 5.74) is 2.85. The maximum Gasteiger partial charge on any atom is 0.269 e. The van der Waals surface area contributed by atoms with Crippen molar-refractivity contribution in [3.63, 3.8) is 0 Å². The van der Waals surface area contributed by atoms with Gasteiger partial charge in [-0.15, -0.1) is 0 Å². The van der Waals surface area contributed by atoms with Gasteiger partial charge in [0.25, 0.3) is 5.69 Å². The molecule has 0 saturated heterocycles. The van der Waals surface area contributed by atoms with Crippen LogP contribution in [0.15, 0.2) is 42.5 Å². The lowest BCUT2D eigenvalue weighted by molar-refractivity contribution is -0.384. The van der Waals surface area contributed by atoms with Gasteiger partial charge in [-0.1, -0.05) is 18.2 Å². The minimum Gasteiger partial charge on any atom is -0.493 e. The summed E-state index contributed by atoms with van der Waals surface area (Å²) < 4.78 is 5.79. The van der Waals surface area contributed by atoms with Crippen molar-refractivity contribution in [2.75, 3.05) is 18.1 Å². The molecule has 0 bridgehead atoms. The van der Waals surface area contributed by atoms with Gasteiger partial charge in [-0.25, -0.2) is 0 Å². The van der Waals surface area contributed by atoms with Gasteiger partial charge >= 0.3 is 0 Å². The van der Waals surface area contributed by atoms with Crippen LogP contribution in [0.5, 0.6) is 5.75 Å². The molecule has 2 aromatic rings. The van der Waals surface area contributed by atoms with E-state index in [1.165, 1.54) is 6.07 Å². The SMILES string of the molecule is Cc1ccccc1OCCCCN1C(=O)CCc2cc([N+](=O)[O-])ccc21. The molecule has 136 valence electrons. The molecule has 0 fully saturated rings. The molecule has 0 unspecified atom stereocenters. The highest BCUT2D eigenvalue weighted by atomic mass is 16.6. The molecule has 26 heavy (non-hydrogen) atoms. The van der Waals surface area contributed by atoms with Crippen LogP contribution in [0.1, 0.15) is 30.4 Å². The number of hydrogen-bond donors (Lipinski definition) is 0. The second-order valence-electron chi connectivity index (χ2n) is 6.44. The van der Waals surface area contributed by atoms with Crippen LogP contribution in [0.3, 0.4) is 0 Å². The number of nitro benzene ring substituents is 1. The Labute approximate surface area is 152 Å². The number of unbranched alkanes of at least 4 members (excludes halogenated alkanes) is 1. The third-order valence-corrected chi connectivity index (χ3v) is 4.60. The monoisotopic (exact) mass is 354 g/mol. The molecule has 1 heterocycles. The molecule has 0 aliphatic carbocycles. The number of benzene rings is 2. The van der Waals surface area contributed by atoms with Crippen LogP contribution in [0.4, 0.5) is 11.4 Å². The van der Waals surface area contributed by atoms with Crippen LogP contribution in [-0.2, 0) is 11.2 Å². The number of carbonyl (C=O) groups is 1. The first-order valence-corrected chi connectivity index (χ1v) is 8.82. The van der Waals surface area contributed by atoms with E-state index in [4.69, 9.17) is 4.74 Å². The number of fused-ring (bicyclic) bond motifs is 1. The van der Waals surface area contributed by atoms with Crippen molar-refractivity contribution < 1.29 is 14.5 Å².